The van der Waals surface area contributed by atoms with Crippen LogP contribution in [0.5, 0.6) is 0 Å². The predicted molar refractivity (Wildman–Crippen MR) is 148 cm³/mol. The first kappa shape index (κ1) is 27.2. The highest BCUT2D eigenvalue weighted by Crippen LogP contribution is 2.28. The molecule has 0 saturated carbocycles. The van der Waals surface area contributed by atoms with Gasteiger partial charge in [-0.15, -0.1) is 0 Å². The Hall–Kier alpha value is -3.01. The summed E-state index contributed by atoms with van der Waals surface area (Å²) in [5.74, 6) is 2.27. The van der Waals surface area contributed by atoms with Crippen LogP contribution in [-0.2, 0) is 11.8 Å². The molecule has 0 amide bonds. The Morgan fingerprint density at radius 1 is 1.21 bits per heavy atom. The van der Waals surface area contributed by atoms with Gasteiger partial charge in [0.15, 0.2) is 0 Å². The molecule has 0 aliphatic carbocycles. The summed E-state index contributed by atoms with van der Waals surface area (Å²) in [6.07, 6.45) is 8.24. The topological polar surface area (TPSA) is 39.1 Å². The fourth-order valence-electron chi connectivity index (χ4n) is 4.03. The maximum Gasteiger partial charge on any atom is 0.208 e. The summed E-state index contributed by atoms with van der Waals surface area (Å²) in [5, 5.41) is 3.47. The first-order valence-corrected chi connectivity index (χ1v) is 12.4. The van der Waals surface area contributed by atoms with E-state index in [9.17, 15) is 0 Å². The molecule has 2 aromatic rings. The molecular weight excluding hydrogens is 418 g/mol. The number of rotatable bonds is 12. The van der Waals surface area contributed by atoms with Gasteiger partial charge in [0, 0.05) is 19.2 Å². The standard InChI is InChI=1S/C30H43N3O/c1-11-14-29(34-10)26(13-3)23(7)19-25(18-22(6)21(5)12-2)24(8)31-30-32-27-16-15-20(4)17-28(27)33(30)9/h15-19,21H,7-8,11-14H2,1-6,9-10H3,(H,31,32)/b22-18-,25-19+,29-26-. The van der Waals surface area contributed by atoms with E-state index >= 15 is 0 Å². The van der Waals surface area contributed by atoms with E-state index in [4.69, 9.17) is 9.72 Å². The largest absolute Gasteiger partial charge is 0.501 e. The SMILES string of the molecule is C=C(/C=C(\C=C(\C)C(C)CC)C(=C)Nc1nc2ccc(C)cc2n1C)/C(CC)=C(/CCC)OC. The third-order valence-corrected chi connectivity index (χ3v) is 6.55. The van der Waals surface area contributed by atoms with Crippen molar-refractivity contribution in [1.82, 2.24) is 9.55 Å². The average molecular weight is 462 g/mol. The van der Waals surface area contributed by atoms with Crippen LogP contribution in [0.2, 0.25) is 0 Å². The van der Waals surface area contributed by atoms with Gasteiger partial charge in [0.05, 0.1) is 23.9 Å². The molecule has 4 nitrogen and oxygen atoms in total. The highest BCUT2D eigenvalue weighted by molar-refractivity contribution is 5.79. The molecule has 34 heavy (non-hydrogen) atoms. The molecule has 0 radical (unpaired) electrons. The van der Waals surface area contributed by atoms with Gasteiger partial charge in [0.25, 0.3) is 0 Å². The van der Waals surface area contributed by atoms with Crippen molar-refractivity contribution in [2.24, 2.45) is 13.0 Å². The average Bonchev–Trinajstić information content (AvgIpc) is 3.12. The van der Waals surface area contributed by atoms with E-state index in [2.05, 4.69) is 94.9 Å². The summed E-state index contributed by atoms with van der Waals surface area (Å²) in [6.45, 7) is 21.9. The van der Waals surface area contributed by atoms with Crippen molar-refractivity contribution >= 4 is 17.0 Å². The second-order valence-corrected chi connectivity index (χ2v) is 9.12. The minimum absolute atomic E-state index is 0.485. The Morgan fingerprint density at radius 3 is 2.50 bits per heavy atom. The van der Waals surface area contributed by atoms with E-state index in [0.29, 0.717) is 5.92 Å². The van der Waals surface area contributed by atoms with E-state index in [0.717, 1.165) is 70.8 Å². The minimum atomic E-state index is 0.485. The van der Waals surface area contributed by atoms with Crippen molar-refractivity contribution in [2.45, 2.75) is 67.2 Å². The molecule has 1 atom stereocenters. The number of methoxy groups -OCH3 is 1. The van der Waals surface area contributed by atoms with Crippen LogP contribution in [0.15, 0.2) is 77.3 Å². The maximum absolute atomic E-state index is 5.72. The number of anilines is 1. The molecular formula is C30H43N3O. The molecule has 1 unspecified atom stereocenters. The second-order valence-electron chi connectivity index (χ2n) is 9.12. The van der Waals surface area contributed by atoms with Crippen LogP contribution in [-0.4, -0.2) is 16.7 Å². The number of benzene rings is 1. The van der Waals surface area contributed by atoms with Crippen molar-refractivity contribution < 1.29 is 4.74 Å². The zero-order valence-corrected chi connectivity index (χ0v) is 22.5. The number of nitrogens with zero attached hydrogens (tertiary/aromatic N) is 2. The van der Waals surface area contributed by atoms with Crippen LogP contribution in [0, 0.1) is 12.8 Å². The van der Waals surface area contributed by atoms with Crippen LogP contribution < -0.4 is 5.32 Å². The van der Waals surface area contributed by atoms with Crippen molar-refractivity contribution in [2.75, 3.05) is 12.4 Å². The number of fused-ring (bicyclic) bond motifs is 1. The molecule has 1 heterocycles. The third kappa shape index (κ3) is 6.53. The number of aryl methyl sites for hydroxylation is 2. The lowest BCUT2D eigenvalue weighted by molar-refractivity contribution is 0.271. The Balaban J connectivity index is 2.51. The van der Waals surface area contributed by atoms with Gasteiger partial charge in [0.2, 0.25) is 5.95 Å². The highest BCUT2D eigenvalue weighted by Gasteiger charge is 2.13. The van der Waals surface area contributed by atoms with Crippen LogP contribution in [0.4, 0.5) is 5.95 Å². The smallest absolute Gasteiger partial charge is 0.208 e. The molecule has 0 fully saturated rings. The first-order chi connectivity index (χ1) is 16.2. The summed E-state index contributed by atoms with van der Waals surface area (Å²) in [4.78, 5) is 4.79. The van der Waals surface area contributed by atoms with Gasteiger partial charge >= 0.3 is 0 Å². The lowest BCUT2D eigenvalue weighted by atomic mass is 9.94. The Kier molecular flexibility index (Phi) is 9.97. The highest BCUT2D eigenvalue weighted by atomic mass is 16.5. The van der Waals surface area contributed by atoms with Crippen molar-refractivity contribution in [3.8, 4) is 0 Å². The summed E-state index contributed by atoms with van der Waals surface area (Å²) < 4.78 is 7.80. The Morgan fingerprint density at radius 2 is 1.91 bits per heavy atom. The van der Waals surface area contributed by atoms with Crippen molar-refractivity contribution in [3.05, 3.63) is 82.8 Å². The molecule has 1 aromatic heterocycles. The van der Waals surface area contributed by atoms with E-state index < -0.39 is 0 Å². The third-order valence-electron chi connectivity index (χ3n) is 6.55. The van der Waals surface area contributed by atoms with Gasteiger partial charge in [-0.2, -0.15) is 0 Å². The zero-order valence-electron chi connectivity index (χ0n) is 22.5. The summed E-state index contributed by atoms with van der Waals surface area (Å²) in [7, 11) is 3.78. The molecule has 184 valence electrons. The number of nitrogens with one attached hydrogen (secondary N) is 1. The van der Waals surface area contributed by atoms with Gasteiger partial charge in [-0.05, 0) is 79.5 Å². The molecule has 0 spiro atoms. The molecule has 0 aliphatic rings. The van der Waals surface area contributed by atoms with Crippen molar-refractivity contribution in [3.63, 3.8) is 0 Å². The van der Waals surface area contributed by atoms with E-state index in [1.807, 2.05) is 7.05 Å². The predicted octanol–water partition coefficient (Wildman–Crippen LogP) is 8.39. The van der Waals surface area contributed by atoms with Gasteiger partial charge < -0.3 is 14.6 Å². The van der Waals surface area contributed by atoms with Crippen LogP contribution in [0.3, 0.4) is 0 Å². The number of aromatic nitrogens is 2. The quantitative estimate of drug-likeness (QED) is 0.255. The van der Waals surface area contributed by atoms with Gasteiger partial charge in [-0.25, -0.2) is 4.98 Å². The van der Waals surface area contributed by atoms with Gasteiger partial charge in [0.1, 0.15) is 0 Å². The number of allylic oxidation sites excluding steroid dienone is 6. The minimum Gasteiger partial charge on any atom is -0.501 e. The fraction of sp³-hybridized carbons (Fsp3) is 0.433. The molecule has 1 aromatic carbocycles. The van der Waals surface area contributed by atoms with E-state index in [-0.39, 0.29) is 0 Å². The first-order valence-electron chi connectivity index (χ1n) is 12.4. The van der Waals surface area contributed by atoms with E-state index in [1.165, 1.54) is 11.1 Å². The number of imidazole rings is 1. The van der Waals surface area contributed by atoms with Gasteiger partial charge in [-0.1, -0.05) is 58.6 Å². The fourth-order valence-corrected chi connectivity index (χ4v) is 4.03. The van der Waals surface area contributed by atoms with Crippen molar-refractivity contribution in [1.29, 1.82) is 0 Å². The number of hydrogen-bond acceptors (Lipinski definition) is 3. The maximum atomic E-state index is 5.72. The second kappa shape index (κ2) is 12.5. The number of ether oxygens (including phenoxy) is 1. The monoisotopic (exact) mass is 461 g/mol. The van der Waals surface area contributed by atoms with Gasteiger partial charge in [-0.3, -0.25) is 0 Å². The molecule has 0 saturated heterocycles. The summed E-state index contributed by atoms with van der Waals surface area (Å²) in [6, 6.07) is 6.30. The van der Waals surface area contributed by atoms with Crippen LogP contribution >= 0.6 is 0 Å². The van der Waals surface area contributed by atoms with Crippen LogP contribution in [0.25, 0.3) is 11.0 Å². The zero-order chi connectivity index (χ0) is 25.4. The normalized spacial score (nSPS) is 14.1. The molecule has 2 rings (SSSR count). The number of hydrogen-bond donors (Lipinski definition) is 1. The lowest BCUT2D eigenvalue weighted by Gasteiger charge is -2.17. The molecule has 4 heteroatoms. The Bertz CT molecular complexity index is 1130. The molecule has 0 aliphatic heterocycles. The molecule has 0 bridgehead atoms. The summed E-state index contributed by atoms with van der Waals surface area (Å²) in [5.41, 5.74) is 8.49. The molecule has 1 N–H and O–H groups in total. The van der Waals surface area contributed by atoms with E-state index in [1.54, 1.807) is 7.11 Å². The summed E-state index contributed by atoms with van der Waals surface area (Å²) >= 11 is 0. The lowest BCUT2D eigenvalue weighted by Crippen LogP contribution is -2.07. The Labute approximate surface area is 206 Å². The van der Waals surface area contributed by atoms with Crippen LogP contribution in [0.1, 0.15) is 65.9 Å².